The molecular weight excluding hydrogens is 252 g/mol. The molecule has 2 N–H and O–H groups in total. The molecule has 4 fully saturated rings. The maximum absolute atomic E-state index is 6.20. The first kappa shape index (κ1) is 11.3. The number of aryl methyl sites for hydroxylation is 1. The van der Waals surface area contributed by atoms with E-state index >= 15 is 0 Å². The fourth-order valence-electron chi connectivity index (χ4n) is 5.86. The van der Waals surface area contributed by atoms with Gasteiger partial charge in [-0.25, -0.2) is 4.98 Å². The predicted molar refractivity (Wildman–Crippen MR) is 77.2 cm³/mol. The first-order valence-electron chi connectivity index (χ1n) is 7.97. The second-order valence-corrected chi connectivity index (χ2v) is 8.75. The van der Waals surface area contributed by atoms with E-state index in [-0.39, 0.29) is 6.04 Å². The number of fused-ring (bicyclic) bond motifs is 1. The summed E-state index contributed by atoms with van der Waals surface area (Å²) in [6, 6.07) is 0.230. The Balaban J connectivity index is 1.57. The van der Waals surface area contributed by atoms with Crippen molar-refractivity contribution in [1.29, 1.82) is 0 Å². The second kappa shape index (κ2) is 3.62. The van der Waals surface area contributed by atoms with Crippen LogP contribution in [-0.4, -0.2) is 4.98 Å². The number of nitrogens with two attached hydrogens (primary N) is 1. The molecule has 1 atom stereocenters. The number of rotatable bonds is 1. The maximum Gasteiger partial charge on any atom is 0.0993 e. The number of hydrogen-bond donors (Lipinski definition) is 1. The van der Waals surface area contributed by atoms with E-state index in [9.17, 15) is 0 Å². The van der Waals surface area contributed by atoms with E-state index in [0.29, 0.717) is 5.41 Å². The Morgan fingerprint density at radius 3 is 2.26 bits per heavy atom. The number of aromatic nitrogens is 1. The number of hydrogen-bond acceptors (Lipinski definition) is 3. The molecule has 6 rings (SSSR count). The minimum Gasteiger partial charge on any atom is -0.323 e. The van der Waals surface area contributed by atoms with Crippen molar-refractivity contribution >= 4 is 11.3 Å². The average Bonchev–Trinajstić information content (AvgIpc) is 2.91. The highest BCUT2D eigenvalue weighted by atomic mass is 32.1. The lowest BCUT2D eigenvalue weighted by Crippen LogP contribution is -2.48. The second-order valence-electron chi connectivity index (χ2n) is 7.67. The molecule has 2 nitrogen and oxygen atoms in total. The molecule has 1 aromatic heterocycles. The van der Waals surface area contributed by atoms with Gasteiger partial charge in [0.1, 0.15) is 0 Å². The van der Waals surface area contributed by atoms with E-state index in [1.165, 1.54) is 60.5 Å². The summed E-state index contributed by atoms with van der Waals surface area (Å²) in [5.74, 6) is 3.04. The van der Waals surface area contributed by atoms with Crippen molar-refractivity contribution < 1.29 is 0 Å². The van der Waals surface area contributed by atoms with Gasteiger partial charge >= 0.3 is 0 Å². The summed E-state index contributed by atoms with van der Waals surface area (Å²) >= 11 is 2.02. The Kier molecular flexibility index (Phi) is 2.15. The van der Waals surface area contributed by atoms with E-state index in [2.05, 4.69) is 0 Å². The molecule has 1 aromatic rings. The van der Waals surface area contributed by atoms with Gasteiger partial charge in [-0.15, -0.1) is 11.3 Å². The van der Waals surface area contributed by atoms with Gasteiger partial charge < -0.3 is 5.73 Å². The third kappa shape index (κ3) is 1.49. The molecule has 1 heterocycles. The molecule has 0 aromatic carbocycles. The molecular formula is C16H22N2S. The number of thiazole rings is 1. The Hall–Kier alpha value is -0.410. The summed E-state index contributed by atoms with van der Waals surface area (Å²) in [5, 5.41) is 1.48. The summed E-state index contributed by atoms with van der Waals surface area (Å²) in [7, 11) is 0. The van der Waals surface area contributed by atoms with Gasteiger partial charge in [0.2, 0.25) is 0 Å². The largest absolute Gasteiger partial charge is 0.323 e. The van der Waals surface area contributed by atoms with Crippen LogP contribution in [0.1, 0.15) is 66.6 Å². The van der Waals surface area contributed by atoms with Gasteiger partial charge in [-0.05, 0) is 69.1 Å². The summed E-state index contributed by atoms with van der Waals surface area (Å²) in [5.41, 5.74) is 7.93. The molecule has 5 aliphatic carbocycles. The molecule has 0 aliphatic heterocycles. The van der Waals surface area contributed by atoms with Gasteiger partial charge in [0.25, 0.3) is 0 Å². The van der Waals surface area contributed by atoms with Crippen LogP contribution < -0.4 is 5.73 Å². The van der Waals surface area contributed by atoms with Gasteiger partial charge in [0.15, 0.2) is 0 Å². The quantitative estimate of drug-likeness (QED) is 0.850. The van der Waals surface area contributed by atoms with Gasteiger partial charge in [-0.1, -0.05) is 0 Å². The fraction of sp³-hybridized carbons (Fsp3) is 0.812. The summed E-state index contributed by atoms with van der Waals surface area (Å²) in [6.45, 7) is 0. The summed E-state index contributed by atoms with van der Waals surface area (Å²) in [4.78, 5) is 6.57. The molecule has 0 amide bonds. The zero-order valence-corrected chi connectivity index (χ0v) is 12.2. The van der Waals surface area contributed by atoms with Gasteiger partial charge in [-0.3, -0.25) is 0 Å². The van der Waals surface area contributed by atoms with Gasteiger partial charge in [0.05, 0.1) is 10.7 Å². The monoisotopic (exact) mass is 274 g/mol. The highest BCUT2D eigenvalue weighted by Crippen LogP contribution is 2.61. The SMILES string of the molecule is NC1CCc2sc(C34CC5CC(CC(C5)C3)C4)nc21. The predicted octanol–water partition coefficient (Wildman–Crippen LogP) is 3.56. The zero-order valence-electron chi connectivity index (χ0n) is 11.4. The molecule has 5 aliphatic rings. The van der Waals surface area contributed by atoms with Gasteiger partial charge in [0, 0.05) is 16.3 Å². The Morgan fingerprint density at radius 1 is 1.05 bits per heavy atom. The molecule has 4 bridgehead atoms. The van der Waals surface area contributed by atoms with Crippen molar-refractivity contribution in [3.63, 3.8) is 0 Å². The first-order chi connectivity index (χ1) is 9.22. The Labute approximate surface area is 118 Å². The van der Waals surface area contributed by atoms with Crippen LogP contribution in [-0.2, 0) is 11.8 Å². The van der Waals surface area contributed by atoms with E-state index in [0.717, 1.165) is 24.2 Å². The third-order valence-corrected chi connectivity index (χ3v) is 7.63. The maximum atomic E-state index is 6.20. The van der Waals surface area contributed by atoms with Crippen LogP contribution >= 0.6 is 11.3 Å². The normalized spacial score (nSPS) is 46.8. The lowest BCUT2D eigenvalue weighted by Gasteiger charge is -2.56. The topological polar surface area (TPSA) is 38.9 Å². The summed E-state index contributed by atoms with van der Waals surface area (Å²) < 4.78 is 0. The van der Waals surface area contributed by atoms with Crippen molar-refractivity contribution in [1.82, 2.24) is 4.98 Å². The molecule has 1 unspecified atom stereocenters. The average molecular weight is 274 g/mol. The van der Waals surface area contributed by atoms with Crippen LogP contribution in [0.4, 0.5) is 0 Å². The minimum atomic E-state index is 0.230. The van der Waals surface area contributed by atoms with Crippen molar-refractivity contribution in [3.8, 4) is 0 Å². The lowest BCUT2D eigenvalue weighted by molar-refractivity contribution is -0.00535. The molecule has 3 heteroatoms. The Bertz CT molecular complexity index is 498. The highest BCUT2D eigenvalue weighted by molar-refractivity contribution is 7.12. The van der Waals surface area contributed by atoms with Crippen LogP contribution in [0, 0.1) is 17.8 Å². The van der Waals surface area contributed by atoms with Crippen LogP contribution in [0.2, 0.25) is 0 Å². The first-order valence-corrected chi connectivity index (χ1v) is 8.79. The standard InChI is InChI=1S/C16H22N2S/c17-12-1-2-13-14(12)18-15(19-13)16-6-9-3-10(7-16)5-11(4-9)8-16/h9-12H,1-8,17H2. The van der Waals surface area contributed by atoms with E-state index in [4.69, 9.17) is 10.7 Å². The van der Waals surface area contributed by atoms with Crippen LogP contribution in [0.15, 0.2) is 0 Å². The van der Waals surface area contributed by atoms with E-state index in [1.807, 2.05) is 11.3 Å². The molecule has 19 heavy (non-hydrogen) atoms. The lowest BCUT2D eigenvalue weighted by atomic mass is 9.50. The molecule has 0 spiro atoms. The van der Waals surface area contributed by atoms with Crippen LogP contribution in [0.5, 0.6) is 0 Å². The van der Waals surface area contributed by atoms with Crippen LogP contribution in [0.25, 0.3) is 0 Å². The van der Waals surface area contributed by atoms with Crippen LogP contribution in [0.3, 0.4) is 0 Å². The van der Waals surface area contributed by atoms with Crippen molar-refractivity contribution in [3.05, 3.63) is 15.6 Å². The minimum absolute atomic E-state index is 0.230. The summed E-state index contributed by atoms with van der Waals surface area (Å²) in [6.07, 6.45) is 11.1. The smallest absolute Gasteiger partial charge is 0.0993 e. The fourth-order valence-corrected chi connectivity index (χ4v) is 7.22. The van der Waals surface area contributed by atoms with Crippen molar-refractivity contribution in [2.75, 3.05) is 0 Å². The van der Waals surface area contributed by atoms with Gasteiger partial charge in [-0.2, -0.15) is 0 Å². The molecule has 102 valence electrons. The third-order valence-electron chi connectivity index (χ3n) is 6.25. The van der Waals surface area contributed by atoms with Crippen molar-refractivity contribution in [2.45, 2.75) is 62.8 Å². The van der Waals surface area contributed by atoms with E-state index < -0.39 is 0 Å². The Morgan fingerprint density at radius 2 is 1.68 bits per heavy atom. The highest BCUT2D eigenvalue weighted by Gasteiger charge is 2.53. The molecule has 0 radical (unpaired) electrons. The van der Waals surface area contributed by atoms with Crippen molar-refractivity contribution in [2.24, 2.45) is 23.5 Å². The molecule has 0 saturated heterocycles. The number of nitrogens with zero attached hydrogens (tertiary/aromatic N) is 1. The zero-order chi connectivity index (χ0) is 12.6. The van der Waals surface area contributed by atoms with E-state index in [1.54, 1.807) is 0 Å². The molecule has 4 saturated carbocycles.